The van der Waals surface area contributed by atoms with Crippen LogP contribution >= 0.6 is 0 Å². The van der Waals surface area contributed by atoms with Crippen LogP contribution in [-0.4, -0.2) is 54.8 Å². The first kappa shape index (κ1) is 16.3. The number of carbonyl (C=O) groups is 2. The molecule has 3 N–H and O–H groups in total. The van der Waals surface area contributed by atoms with Gasteiger partial charge in [-0.3, -0.25) is 4.79 Å². The molecule has 2 atom stereocenters. The maximum atomic E-state index is 11.6. The third kappa shape index (κ3) is 3.75. The average Bonchev–Trinajstić information content (AvgIpc) is 2.50. The Morgan fingerprint density at radius 3 is 2.77 bits per heavy atom. The van der Waals surface area contributed by atoms with Gasteiger partial charge in [-0.15, -0.1) is 0 Å². The second kappa shape index (κ2) is 7.24. The third-order valence-corrected chi connectivity index (χ3v) is 3.62. The molecule has 1 aromatic carbocycles. The molecule has 1 fully saturated rings. The van der Waals surface area contributed by atoms with Crippen molar-refractivity contribution in [3.05, 3.63) is 29.8 Å². The Morgan fingerprint density at radius 1 is 1.45 bits per heavy atom. The molecular weight excluding hydrogens is 286 g/mol. The Labute approximate surface area is 129 Å². The van der Waals surface area contributed by atoms with E-state index in [1.807, 2.05) is 6.92 Å². The normalized spacial score (nSPS) is 19.7. The molecule has 3 amide bonds. The number of amides is 3. The topological polar surface area (TPSA) is 90.9 Å². The van der Waals surface area contributed by atoms with Gasteiger partial charge in [-0.25, -0.2) is 4.79 Å². The van der Waals surface area contributed by atoms with E-state index in [0.29, 0.717) is 24.4 Å². The summed E-state index contributed by atoms with van der Waals surface area (Å²) in [6.45, 7) is 2.73. The first-order valence-corrected chi connectivity index (χ1v) is 7.19. The number of nitrogens with one attached hydrogen (secondary N) is 2. The maximum Gasteiger partial charge on any atom is 0.319 e. The molecule has 22 heavy (non-hydrogen) atoms. The van der Waals surface area contributed by atoms with Gasteiger partial charge in [0.15, 0.2) is 0 Å². The molecule has 1 aliphatic heterocycles. The van der Waals surface area contributed by atoms with Crippen molar-refractivity contribution in [1.29, 1.82) is 0 Å². The van der Waals surface area contributed by atoms with Crippen molar-refractivity contribution in [1.82, 2.24) is 10.2 Å². The van der Waals surface area contributed by atoms with E-state index in [-0.39, 0.29) is 18.5 Å². The van der Waals surface area contributed by atoms with Gasteiger partial charge in [0.1, 0.15) is 12.7 Å². The summed E-state index contributed by atoms with van der Waals surface area (Å²) in [5, 5.41) is 15.7. The van der Waals surface area contributed by atoms with Crippen LogP contribution in [0.4, 0.5) is 10.5 Å². The van der Waals surface area contributed by atoms with Crippen molar-refractivity contribution in [2.24, 2.45) is 0 Å². The minimum Gasteiger partial charge on any atom is -0.386 e. The number of morpholine rings is 1. The van der Waals surface area contributed by atoms with E-state index in [1.165, 1.54) is 4.90 Å². The van der Waals surface area contributed by atoms with Gasteiger partial charge in [0.05, 0.1) is 12.6 Å². The molecule has 0 unspecified atom stereocenters. The second-order valence-electron chi connectivity index (χ2n) is 5.14. The summed E-state index contributed by atoms with van der Waals surface area (Å²) in [6, 6.07) is 6.17. The molecule has 1 saturated heterocycles. The number of likely N-dealkylation sites (N-methyl/N-ethyl adjacent to an activating group) is 1. The molecule has 0 saturated carbocycles. The van der Waals surface area contributed by atoms with E-state index in [2.05, 4.69) is 10.6 Å². The Morgan fingerprint density at radius 2 is 2.14 bits per heavy atom. The number of urea groups is 1. The zero-order valence-corrected chi connectivity index (χ0v) is 12.7. The van der Waals surface area contributed by atoms with Gasteiger partial charge in [0.25, 0.3) is 0 Å². The van der Waals surface area contributed by atoms with Crippen LogP contribution in [0.3, 0.4) is 0 Å². The number of aliphatic hydroxyl groups excluding tert-OH is 1. The van der Waals surface area contributed by atoms with Gasteiger partial charge in [-0.05, 0) is 24.6 Å². The molecular formula is C15H21N3O4. The van der Waals surface area contributed by atoms with E-state index < -0.39 is 12.1 Å². The summed E-state index contributed by atoms with van der Waals surface area (Å²) < 4.78 is 5.19. The lowest BCUT2D eigenvalue weighted by Gasteiger charge is -2.35. The first-order chi connectivity index (χ1) is 10.5. The van der Waals surface area contributed by atoms with Crippen molar-refractivity contribution in [2.75, 3.05) is 32.1 Å². The number of aliphatic hydroxyl groups is 1. The number of ether oxygens (including phenoxy) is 1. The molecule has 0 aromatic heterocycles. The summed E-state index contributed by atoms with van der Waals surface area (Å²) in [5.74, 6) is -0.148. The highest BCUT2D eigenvalue weighted by atomic mass is 16.5. The zero-order valence-electron chi connectivity index (χ0n) is 12.7. The molecule has 0 radical (unpaired) electrons. The standard InChI is InChI=1S/C15H21N3O4/c1-3-16-15(21)17-11-6-4-10(5-7-11)14(20)12-8-22-9-13(19)18(12)2/h4-7,12,14,20H,3,8-9H2,1-2H3,(H2,16,17,21)/t12-,14-/m1/s1. The van der Waals surface area contributed by atoms with Gasteiger partial charge >= 0.3 is 6.03 Å². The van der Waals surface area contributed by atoms with E-state index in [4.69, 9.17) is 4.74 Å². The van der Waals surface area contributed by atoms with E-state index >= 15 is 0 Å². The summed E-state index contributed by atoms with van der Waals surface area (Å²) in [7, 11) is 1.66. The predicted molar refractivity (Wildman–Crippen MR) is 81.5 cm³/mol. The molecule has 1 heterocycles. The van der Waals surface area contributed by atoms with Gasteiger partial charge in [-0.2, -0.15) is 0 Å². The number of benzene rings is 1. The van der Waals surface area contributed by atoms with E-state index in [9.17, 15) is 14.7 Å². The Kier molecular flexibility index (Phi) is 5.35. The zero-order chi connectivity index (χ0) is 16.1. The van der Waals surface area contributed by atoms with Gasteiger partial charge < -0.3 is 25.4 Å². The van der Waals surface area contributed by atoms with Crippen LogP contribution in [0.15, 0.2) is 24.3 Å². The van der Waals surface area contributed by atoms with Crippen molar-refractivity contribution < 1.29 is 19.4 Å². The Hall–Kier alpha value is -2.12. The smallest absolute Gasteiger partial charge is 0.319 e. The summed E-state index contributed by atoms with van der Waals surface area (Å²) in [5.41, 5.74) is 1.29. The Balaban J connectivity index is 2.03. The number of anilines is 1. The predicted octanol–water partition coefficient (Wildman–Crippen LogP) is 0.719. The molecule has 7 heteroatoms. The van der Waals surface area contributed by atoms with Gasteiger partial charge in [0, 0.05) is 19.3 Å². The Bertz CT molecular complexity index is 532. The lowest BCUT2D eigenvalue weighted by molar-refractivity contribution is -0.151. The van der Waals surface area contributed by atoms with Crippen molar-refractivity contribution in [2.45, 2.75) is 19.1 Å². The molecule has 1 aliphatic rings. The van der Waals surface area contributed by atoms with Gasteiger partial charge in [-0.1, -0.05) is 12.1 Å². The largest absolute Gasteiger partial charge is 0.386 e. The van der Waals surface area contributed by atoms with Crippen LogP contribution in [0.1, 0.15) is 18.6 Å². The highest BCUT2D eigenvalue weighted by Gasteiger charge is 2.31. The molecule has 7 nitrogen and oxygen atoms in total. The van der Waals surface area contributed by atoms with Crippen molar-refractivity contribution in [3.63, 3.8) is 0 Å². The first-order valence-electron chi connectivity index (χ1n) is 7.19. The lowest BCUT2D eigenvalue weighted by atomic mass is 10.0. The monoisotopic (exact) mass is 307 g/mol. The quantitative estimate of drug-likeness (QED) is 0.764. The molecule has 1 aromatic rings. The minimum absolute atomic E-state index is 0.0507. The minimum atomic E-state index is -0.840. The third-order valence-electron chi connectivity index (χ3n) is 3.62. The molecule has 0 bridgehead atoms. The number of hydrogen-bond acceptors (Lipinski definition) is 4. The van der Waals surface area contributed by atoms with Gasteiger partial charge in [0.2, 0.25) is 5.91 Å². The SMILES string of the molecule is CCNC(=O)Nc1ccc([C@@H](O)[C@H]2COCC(=O)N2C)cc1. The van der Waals surface area contributed by atoms with Crippen LogP contribution < -0.4 is 10.6 Å². The van der Waals surface area contributed by atoms with Crippen molar-refractivity contribution in [3.8, 4) is 0 Å². The van der Waals surface area contributed by atoms with Crippen LogP contribution in [0.2, 0.25) is 0 Å². The summed E-state index contributed by atoms with van der Waals surface area (Å²) in [6.07, 6.45) is -0.840. The lowest BCUT2D eigenvalue weighted by Crippen LogP contribution is -2.49. The highest BCUT2D eigenvalue weighted by Crippen LogP contribution is 2.24. The fraction of sp³-hybridized carbons (Fsp3) is 0.467. The number of carbonyl (C=O) groups excluding carboxylic acids is 2. The molecule has 0 aliphatic carbocycles. The fourth-order valence-corrected chi connectivity index (χ4v) is 2.29. The summed E-state index contributed by atoms with van der Waals surface area (Å²) >= 11 is 0. The number of hydrogen-bond donors (Lipinski definition) is 3. The van der Waals surface area contributed by atoms with Crippen molar-refractivity contribution >= 4 is 17.6 Å². The highest BCUT2D eigenvalue weighted by molar-refractivity contribution is 5.89. The van der Waals surface area contributed by atoms with Crippen LogP contribution in [0.5, 0.6) is 0 Å². The number of nitrogens with zero attached hydrogens (tertiary/aromatic N) is 1. The second-order valence-corrected chi connectivity index (χ2v) is 5.14. The van der Waals surface area contributed by atoms with Crippen LogP contribution in [0.25, 0.3) is 0 Å². The molecule has 2 rings (SSSR count). The summed E-state index contributed by atoms with van der Waals surface area (Å²) in [4.78, 5) is 24.5. The molecule has 120 valence electrons. The number of rotatable bonds is 4. The van der Waals surface area contributed by atoms with Crippen LogP contribution in [0, 0.1) is 0 Å². The molecule has 0 spiro atoms. The average molecular weight is 307 g/mol. The maximum absolute atomic E-state index is 11.6. The van der Waals surface area contributed by atoms with E-state index in [1.54, 1.807) is 31.3 Å². The van der Waals surface area contributed by atoms with E-state index in [0.717, 1.165) is 0 Å². The van der Waals surface area contributed by atoms with Crippen LogP contribution in [-0.2, 0) is 9.53 Å². The fourth-order valence-electron chi connectivity index (χ4n) is 2.29.